The summed E-state index contributed by atoms with van der Waals surface area (Å²) < 4.78 is 0. The van der Waals surface area contributed by atoms with Gasteiger partial charge in [-0.1, -0.05) is 31.8 Å². The van der Waals surface area contributed by atoms with E-state index in [0.717, 1.165) is 12.0 Å². The second-order valence-electron chi connectivity index (χ2n) is 4.43. The summed E-state index contributed by atoms with van der Waals surface area (Å²) in [5.41, 5.74) is 6.60. The summed E-state index contributed by atoms with van der Waals surface area (Å²) in [6, 6.07) is 3.69. The fourth-order valence-corrected chi connectivity index (χ4v) is 1.68. The lowest BCUT2D eigenvalue weighted by Crippen LogP contribution is -2.15. The van der Waals surface area contributed by atoms with Crippen molar-refractivity contribution in [3.8, 4) is 0 Å². The number of amidine groups is 1. The Morgan fingerprint density at radius 3 is 2.94 bits per heavy atom. The van der Waals surface area contributed by atoms with Gasteiger partial charge in [0.15, 0.2) is 5.84 Å². The lowest BCUT2D eigenvalue weighted by atomic mass is 10.0. The molecule has 0 radical (unpaired) electrons. The van der Waals surface area contributed by atoms with Crippen molar-refractivity contribution in [2.24, 2.45) is 16.8 Å². The summed E-state index contributed by atoms with van der Waals surface area (Å²) in [4.78, 5) is 9.32. The van der Waals surface area contributed by atoms with E-state index in [0.29, 0.717) is 18.4 Å². The van der Waals surface area contributed by atoms with Gasteiger partial charge in [-0.3, -0.25) is 4.98 Å². The van der Waals surface area contributed by atoms with Crippen molar-refractivity contribution < 1.29 is 4.84 Å². The van der Waals surface area contributed by atoms with Gasteiger partial charge in [0.1, 0.15) is 6.61 Å². The summed E-state index contributed by atoms with van der Waals surface area (Å²) in [6.07, 6.45) is 8.14. The topological polar surface area (TPSA) is 60.5 Å². The molecule has 2 N–H and O–H groups in total. The highest BCUT2D eigenvalue weighted by molar-refractivity contribution is 5.96. The number of pyridine rings is 1. The fourth-order valence-electron chi connectivity index (χ4n) is 1.68. The number of oxime groups is 1. The molecule has 0 saturated heterocycles. The summed E-state index contributed by atoms with van der Waals surface area (Å²) in [6.45, 7) is 5.02. The lowest BCUT2D eigenvalue weighted by molar-refractivity contribution is 0.101. The number of nitrogens with zero attached hydrogens (tertiary/aromatic N) is 2. The van der Waals surface area contributed by atoms with E-state index in [2.05, 4.69) is 24.0 Å². The fraction of sp³-hybridized carbons (Fsp3) is 0.571. The van der Waals surface area contributed by atoms with Crippen LogP contribution < -0.4 is 5.73 Å². The van der Waals surface area contributed by atoms with Crippen LogP contribution in [0.4, 0.5) is 0 Å². The van der Waals surface area contributed by atoms with Crippen LogP contribution in [0.25, 0.3) is 0 Å². The predicted octanol–water partition coefficient (Wildman–Crippen LogP) is 2.93. The number of hydrogen-bond acceptors (Lipinski definition) is 3. The Morgan fingerprint density at radius 1 is 1.50 bits per heavy atom. The maximum absolute atomic E-state index is 5.81. The highest BCUT2D eigenvalue weighted by atomic mass is 16.6. The van der Waals surface area contributed by atoms with Crippen LogP contribution in [-0.2, 0) is 4.84 Å². The standard InChI is InChI=1S/C14H23N3O/c1-3-5-7-12(4-2)11-18-17-14(15)13-8-6-9-16-10-13/h6,8-10,12H,3-5,7,11H2,1-2H3,(H2,15,17). The SMILES string of the molecule is CCCCC(CC)CO/N=C(\N)c1cccnc1. The van der Waals surface area contributed by atoms with Gasteiger partial charge in [0.25, 0.3) is 0 Å². The molecule has 100 valence electrons. The molecule has 0 aromatic carbocycles. The average molecular weight is 249 g/mol. The zero-order chi connectivity index (χ0) is 13.2. The van der Waals surface area contributed by atoms with Crippen molar-refractivity contribution in [1.82, 2.24) is 4.98 Å². The molecule has 1 aromatic heterocycles. The maximum Gasteiger partial charge on any atom is 0.171 e. The Balaban J connectivity index is 2.39. The Labute approximate surface area is 109 Å². The van der Waals surface area contributed by atoms with Gasteiger partial charge in [-0.05, 0) is 30.9 Å². The molecule has 1 aromatic rings. The van der Waals surface area contributed by atoms with E-state index in [-0.39, 0.29) is 0 Å². The largest absolute Gasteiger partial charge is 0.394 e. The Kier molecular flexibility index (Phi) is 6.84. The molecule has 18 heavy (non-hydrogen) atoms. The molecule has 1 atom stereocenters. The molecule has 1 unspecified atom stereocenters. The van der Waals surface area contributed by atoms with Crippen LogP contribution in [0.15, 0.2) is 29.7 Å². The van der Waals surface area contributed by atoms with E-state index < -0.39 is 0 Å². The number of unbranched alkanes of at least 4 members (excludes halogenated alkanes) is 1. The first-order chi connectivity index (χ1) is 8.77. The molecule has 1 rings (SSSR count). The van der Waals surface area contributed by atoms with Gasteiger partial charge < -0.3 is 10.6 Å². The molecular weight excluding hydrogens is 226 g/mol. The summed E-state index contributed by atoms with van der Waals surface area (Å²) in [5, 5.41) is 3.94. The van der Waals surface area contributed by atoms with Gasteiger partial charge in [0, 0.05) is 18.0 Å². The van der Waals surface area contributed by atoms with Crippen molar-refractivity contribution in [3.63, 3.8) is 0 Å². The summed E-state index contributed by atoms with van der Waals surface area (Å²) in [5.74, 6) is 0.948. The highest BCUT2D eigenvalue weighted by Gasteiger charge is 2.06. The number of nitrogens with two attached hydrogens (primary N) is 1. The van der Waals surface area contributed by atoms with E-state index in [1.165, 1.54) is 19.3 Å². The van der Waals surface area contributed by atoms with Crippen LogP contribution >= 0.6 is 0 Å². The van der Waals surface area contributed by atoms with E-state index in [9.17, 15) is 0 Å². The Hall–Kier alpha value is -1.58. The van der Waals surface area contributed by atoms with Crippen LogP contribution in [-0.4, -0.2) is 17.4 Å². The zero-order valence-electron chi connectivity index (χ0n) is 11.3. The zero-order valence-corrected chi connectivity index (χ0v) is 11.3. The van der Waals surface area contributed by atoms with Gasteiger partial charge >= 0.3 is 0 Å². The first kappa shape index (κ1) is 14.5. The molecule has 0 spiro atoms. The van der Waals surface area contributed by atoms with E-state index in [1.54, 1.807) is 12.4 Å². The minimum Gasteiger partial charge on any atom is -0.394 e. The molecule has 0 amide bonds. The van der Waals surface area contributed by atoms with E-state index in [4.69, 9.17) is 10.6 Å². The molecule has 4 heteroatoms. The maximum atomic E-state index is 5.81. The molecule has 1 heterocycles. The molecule has 0 aliphatic rings. The number of hydrogen-bond donors (Lipinski definition) is 1. The molecule has 0 saturated carbocycles. The Morgan fingerprint density at radius 2 is 2.33 bits per heavy atom. The predicted molar refractivity (Wildman–Crippen MR) is 74.2 cm³/mol. The molecule has 4 nitrogen and oxygen atoms in total. The molecule has 0 bridgehead atoms. The van der Waals surface area contributed by atoms with Gasteiger partial charge in [-0.15, -0.1) is 0 Å². The molecule has 0 fully saturated rings. The van der Waals surface area contributed by atoms with Crippen LogP contribution in [0.2, 0.25) is 0 Å². The van der Waals surface area contributed by atoms with Crippen LogP contribution in [0.1, 0.15) is 45.1 Å². The minimum absolute atomic E-state index is 0.383. The first-order valence-electron chi connectivity index (χ1n) is 6.63. The van der Waals surface area contributed by atoms with E-state index in [1.807, 2.05) is 12.1 Å². The third-order valence-electron chi connectivity index (χ3n) is 2.97. The van der Waals surface area contributed by atoms with Crippen molar-refractivity contribution in [1.29, 1.82) is 0 Å². The second-order valence-corrected chi connectivity index (χ2v) is 4.43. The first-order valence-corrected chi connectivity index (χ1v) is 6.63. The van der Waals surface area contributed by atoms with Gasteiger partial charge in [-0.25, -0.2) is 0 Å². The van der Waals surface area contributed by atoms with E-state index >= 15 is 0 Å². The molecule has 0 aliphatic heterocycles. The quantitative estimate of drug-likeness (QED) is 0.438. The summed E-state index contributed by atoms with van der Waals surface area (Å²) in [7, 11) is 0. The molecular formula is C14H23N3O. The van der Waals surface area contributed by atoms with Crippen LogP contribution in [0.3, 0.4) is 0 Å². The third-order valence-corrected chi connectivity index (χ3v) is 2.97. The summed E-state index contributed by atoms with van der Waals surface area (Å²) >= 11 is 0. The average Bonchev–Trinajstić information content (AvgIpc) is 2.43. The third kappa shape index (κ3) is 5.17. The van der Waals surface area contributed by atoms with Crippen molar-refractivity contribution in [3.05, 3.63) is 30.1 Å². The smallest absolute Gasteiger partial charge is 0.171 e. The monoisotopic (exact) mass is 249 g/mol. The number of aromatic nitrogens is 1. The Bertz CT molecular complexity index is 351. The minimum atomic E-state index is 0.383. The normalized spacial score (nSPS) is 13.3. The molecule has 0 aliphatic carbocycles. The number of rotatable bonds is 8. The van der Waals surface area contributed by atoms with Crippen molar-refractivity contribution in [2.75, 3.05) is 6.61 Å². The van der Waals surface area contributed by atoms with Crippen LogP contribution in [0, 0.1) is 5.92 Å². The van der Waals surface area contributed by atoms with Crippen molar-refractivity contribution >= 4 is 5.84 Å². The van der Waals surface area contributed by atoms with Crippen LogP contribution in [0.5, 0.6) is 0 Å². The van der Waals surface area contributed by atoms with Crippen molar-refractivity contribution in [2.45, 2.75) is 39.5 Å². The lowest BCUT2D eigenvalue weighted by Gasteiger charge is -2.12. The highest BCUT2D eigenvalue weighted by Crippen LogP contribution is 2.12. The second kappa shape index (κ2) is 8.50. The van der Waals surface area contributed by atoms with Gasteiger partial charge in [-0.2, -0.15) is 0 Å². The van der Waals surface area contributed by atoms with Gasteiger partial charge in [0.2, 0.25) is 0 Å². The van der Waals surface area contributed by atoms with Gasteiger partial charge in [0.05, 0.1) is 0 Å².